The van der Waals surface area contributed by atoms with Gasteiger partial charge in [0.25, 0.3) is 0 Å². The van der Waals surface area contributed by atoms with Gasteiger partial charge in [0.1, 0.15) is 5.76 Å². The smallest absolute Gasteiger partial charge is 0.232 e. The fourth-order valence-electron chi connectivity index (χ4n) is 2.41. The molecule has 0 atom stereocenters. The average Bonchev–Trinajstić information content (AvgIpc) is 3.05. The highest BCUT2D eigenvalue weighted by molar-refractivity contribution is 7.92. The second kappa shape index (κ2) is 8.01. The Balaban J connectivity index is 2.03. The van der Waals surface area contributed by atoms with Crippen LogP contribution in [0.25, 0.3) is 0 Å². The van der Waals surface area contributed by atoms with E-state index in [0.717, 1.165) is 11.8 Å². The molecule has 1 aromatic heterocycles. The molecule has 7 heteroatoms. The maximum Gasteiger partial charge on any atom is 0.232 e. The van der Waals surface area contributed by atoms with Crippen molar-refractivity contribution in [2.75, 3.05) is 17.1 Å². The number of nitrogens with one attached hydrogen (secondary N) is 1. The van der Waals surface area contributed by atoms with Gasteiger partial charge in [0.15, 0.2) is 0 Å². The summed E-state index contributed by atoms with van der Waals surface area (Å²) in [5.41, 5.74) is 1.56. The number of furan rings is 1. The summed E-state index contributed by atoms with van der Waals surface area (Å²) in [6, 6.07) is 10.8. The van der Waals surface area contributed by atoms with E-state index in [-0.39, 0.29) is 25.4 Å². The molecule has 1 amide bonds. The summed E-state index contributed by atoms with van der Waals surface area (Å²) in [4.78, 5) is 12.0. The molecule has 0 saturated carbocycles. The Kier molecular flexibility index (Phi) is 6.03. The van der Waals surface area contributed by atoms with E-state index in [1.165, 1.54) is 10.6 Å². The van der Waals surface area contributed by atoms with Gasteiger partial charge in [0, 0.05) is 13.0 Å². The van der Waals surface area contributed by atoms with E-state index in [2.05, 4.69) is 5.32 Å². The molecule has 0 spiro atoms. The number of carbonyl (C=O) groups excluding carboxylic acids is 1. The van der Waals surface area contributed by atoms with Crippen LogP contribution in [0.15, 0.2) is 47.1 Å². The third-order valence-corrected chi connectivity index (χ3v) is 4.80. The molecule has 0 fully saturated rings. The van der Waals surface area contributed by atoms with Crippen molar-refractivity contribution in [2.24, 2.45) is 0 Å². The molecule has 0 unspecified atom stereocenters. The van der Waals surface area contributed by atoms with E-state index in [4.69, 9.17) is 4.42 Å². The van der Waals surface area contributed by atoms with Crippen molar-refractivity contribution in [1.29, 1.82) is 0 Å². The van der Waals surface area contributed by atoms with Crippen LogP contribution >= 0.6 is 0 Å². The third kappa shape index (κ3) is 4.86. The Bertz CT molecular complexity index is 770. The molecule has 0 aliphatic rings. The zero-order valence-electron chi connectivity index (χ0n) is 13.9. The van der Waals surface area contributed by atoms with Crippen molar-refractivity contribution in [3.8, 4) is 0 Å². The molecule has 6 nitrogen and oxygen atoms in total. The number of nitrogens with zero attached hydrogens (tertiary/aromatic N) is 1. The van der Waals surface area contributed by atoms with Crippen LogP contribution in [0.4, 0.5) is 5.69 Å². The lowest BCUT2D eigenvalue weighted by molar-refractivity contribution is -0.121. The van der Waals surface area contributed by atoms with E-state index in [9.17, 15) is 13.2 Å². The van der Waals surface area contributed by atoms with Crippen LogP contribution in [-0.2, 0) is 27.8 Å². The number of para-hydroxylation sites is 1. The van der Waals surface area contributed by atoms with Gasteiger partial charge < -0.3 is 9.73 Å². The summed E-state index contributed by atoms with van der Waals surface area (Å²) in [6.07, 6.45) is 3.48. The summed E-state index contributed by atoms with van der Waals surface area (Å²) < 4.78 is 30.7. The van der Waals surface area contributed by atoms with Crippen molar-refractivity contribution in [3.05, 3.63) is 54.0 Å². The van der Waals surface area contributed by atoms with Crippen molar-refractivity contribution in [2.45, 2.75) is 26.3 Å². The molecule has 2 rings (SSSR count). The molecule has 0 aliphatic heterocycles. The zero-order valence-corrected chi connectivity index (χ0v) is 14.7. The van der Waals surface area contributed by atoms with Crippen molar-refractivity contribution >= 4 is 21.6 Å². The number of aryl methyl sites for hydroxylation is 1. The second-order valence-electron chi connectivity index (χ2n) is 5.42. The predicted molar refractivity (Wildman–Crippen MR) is 93.2 cm³/mol. The zero-order chi connectivity index (χ0) is 17.6. The molecular weight excluding hydrogens is 328 g/mol. The summed E-state index contributed by atoms with van der Waals surface area (Å²) in [5.74, 6) is 0.425. The molecule has 2 aromatic rings. The first-order chi connectivity index (χ1) is 11.4. The Morgan fingerprint density at radius 1 is 1.21 bits per heavy atom. The molecule has 1 N–H and O–H groups in total. The highest BCUT2D eigenvalue weighted by atomic mass is 32.2. The standard InChI is InChI=1S/C17H22N2O4S/c1-3-14-7-4-5-9-16(14)19(24(2,21)22)11-10-17(20)18-13-15-8-6-12-23-15/h4-9,12H,3,10-11,13H2,1-2H3,(H,18,20). The third-order valence-electron chi connectivity index (χ3n) is 3.62. The minimum absolute atomic E-state index is 0.0752. The van der Waals surface area contributed by atoms with Gasteiger partial charge in [0.05, 0.1) is 24.8 Å². The highest BCUT2D eigenvalue weighted by Crippen LogP contribution is 2.23. The summed E-state index contributed by atoms with van der Waals surface area (Å²) in [7, 11) is -3.47. The maximum absolute atomic E-state index is 12.1. The average molecular weight is 350 g/mol. The van der Waals surface area contributed by atoms with Crippen molar-refractivity contribution < 1.29 is 17.6 Å². The Hall–Kier alpha value is -2.28. The van der Waals surface area contributed by atoms with Gasteiger partial charge >= 0.3 is 0 Å². The van der Waals surface area contributed by atoms with Crippen molar-refractivity contribution in [3.63, 3.8) is 0 Å². The Labute approximate surface area is 142 Å². The van der Waals surface area contributed by atoms with Crippen LogP contribution in [0, 0.1) is 0 Å². The first-order valence-electron chi connectivity index (χ1n) is 7.76. The number of anilines is 1. The van der Waals surface area contributed by atoms with Gasteiger partial charge in [-0.15, -0.1) is 0 Å². The minimum Gasteiger partial charge on any atom is -0.467 e. The molecule has 1 heterocycles. The topological polar surface area (TPSA) is 79.6 Å². The predicted octanol–water partition coefficient (Wildman–Crippen LogP) is 2.31. The van der Waals surface area contributed by atoms with Gasteiger partial charge in [-0.2, -0.15) is 0 Å². The molecule has 0 saturated heterocycles. The van der Waals surface area contributed by atoms with Gasteiger partial charge in [-0.05, 0) is 30.2 Å². The number of hydrogen-bond acceptors (Lipinski definition) is 4. The summed E-state index contributed by atoms with van der Waals surface area (Å²) in [5, 5.41) is 2.72. The summed E-state index contributed by atoms with van der Waals surface area (Å²) in [6.45, 7) is 2.35. The first-order valence-corrected chi connectivity index (χ1v) is 9.61. The van der Waals surface area contributed by atoms with Crippen molar-refractivity contribution in [1.82, 2.24) is 5.32 Å². The monoisotopic (exact) mass is 350 g/mol. The Morgan fingerprint density at radius 3 is 2.58 bits per heavy atom. The quantitative estimate of drug-likeness (QED) is 0.792. The number of sulfonamides is 1. The molecule has 0 radical (unpaired) electrons. The SMILES string of the molecule is CCc1ccccc1N(CCC(=O)NCc1ccco1)S(C)(=O)=O. The van der Waals surface area contributed by atoms with E-state index >= 15 is 0 Å². The van der Waals surface area contributed by atoms with E-state index < -0.39 is 10.0 Å². The summed E-state index contributed by atoms with van der Waals surface area (Å²) >= 11 is 0. The molecule has 1 aromatic carbocycles. The van der Waals surface area contributed by atoms with Gasteiger partial charge in [-0.25, -0.2) is 8.42 Å². The second-order valence-corrected chi connectivity index (χ2v) is 7.33. The lowest BCUT2D eigenvalue weighted by Crippen LogP contribution is -2.35. The first kappa shape index (κ1) is 18.1. The van der Waals surface area contributed by atoms with Gasteiger partial charge in [0.2, 0.25) is 15.9 Å². The van der Waals surface area contributed by atoms with Crippen LogP contribution in [0.2, 0.25) is 0 Å². The van der Waals surface area contributed by atoms with E-state index in [1.807, 2.05) is 19.1 Å². The number of hydrogen-bond donors (Lipinski definition) is 1. The fraction of sp³-hybridized carbons (Fsp3) is 0.353. The number of carbonyl (C=O) groups is 1. The van der Waals surface area contributed by atoms with Crippen LogP contribution in [-0.4, -0.2) is 27.1 Å². The van der Waals surface area contributed by atoms with Crippen LogP contribution < -0.4 is 9.62 Å². The number of benzene rings is 1. The molecule has 130 valence electrons. The van der Waals surface area contributed by atoms with E-state index in [0.29, 0.717) is 17.9 Å². The maximum atomic E-state index is 12.1. The lowest BCUT2D eigenvalue weighted by Gasteiger charge is -2.24. The number of rotatable bonds is 8. The largest absolute Gasteiger partial charge is 0.467 e. The highest BCUT2D eigenvalue weighted by Gasteiger charge is 2.20. The van der Waals surface area contributed by atoms with Gasteiger partial charge in [-0.3, -0.25) is 9.10 Å². The van der Waals surface area contributed by atoms with Crippen LogP contribution in [0.3, 0.4) is 0 Å². The van der Waals surface area contributed by atoms with E-state index in [1.54, 1.807) is 24.3 Å². The van der Waals surface area contributed by atoms with Gasteiger partial charge in [-0.1, -0.05) is 25.1 Å². The fourth-order valence-corrected chi connectivity index (χ4v) is 3.37. The van der Waals surface area contributed by atoms with Crippen LogP contribution in [0.1, 0.15) is 24.7 Å². The molecule has 0 aliphatic carbocycles. The Morgan fingerprint density at radius 2 is 1.96 bits per heavy atom. The molecular formula is C17H22N2O4S. The molecule has 24 heavy (non-hydrogen) atoms. The minimum atomic E-state index is -3.47. The number of amides is 1. The lowest BCUT2D eigenvalue weighted by atomic mass is 10.1. The molecule has 0 bridgehead atoms. The normalized spacial score (nSPS) is 11.2. The van der Waals surface area contributed by atoms with Crippen LogP contribution in [0.5, 0.6) is 0 Å².